The van der Waals surface area contributed by atoms with Crippen molar-refractivity contribution in [2.75, 3.05) is 13.1 Å². The predicted octanol–water partition coefficient (Wildman–Crippen LogP) is 0.716. The fourth-order valence-electron chi connectivity index (χ4n) is 6.09. The van der Waals surface area contributed by atoms with Crippen LogP contribution < -0.4 is 22.1 Å². The van der Waals surface area contributed by atoms with Crippen molar-refractivity contribution in [3.05, 3.63) is 28.2 Å². The van der Waals surface area contributed by atoms with Crippen LogP contribution in [0, 0.1) is 11.8 Å². The number of likely N-dealkylation sites (tertiary alicyclic amines) is 1. The maximum absolute atomic E-state index is 14.4. The molecule has 0 spiro atoms. The fraction of sp³-hybridized carbons (Fsp3) is 0.655. The summed E-state index contributed by atoms with van der Waals surface area (Å²) in [6.07, 6.45) is 0.370. The molecule has 3 rings (SSSR count). The number of nitrogens with two attached hydrogens (primary N) is 2. The van der Waals surface area contributed by atoms with E-state index in [0.29, 0.717) is 61.7 Å². The lowest BCUT2D eigenvalue weighted by Crippen LogP contribution is -2.59. The number of fused-ring (bicyclic) bond motifs is 1. The van der Waals surface area contributed by atoms with Gasteiger partial charge in [0, 0.05) is 25.6 Å². The van der Waals surface area contributed by atoms with Crippen LogP contribution in [0.2, 0.25) is 0 Å². The molecule has 17 heteroatoms. The van der Waals surface area contributed by atoms with Gasteiger partial charge in [0.05, 0.1) is 10.6 Å². The van der Waals surface area contributed by atoms with Crippen LogP contribution >= 0.6 is 15.9 Å². The molecule has 2 aliphatic rings. The summed E-state index contributed by atoms with van der Waals surface area (Å²) in [7, 11) is -4.74. The Balaban J connectivity index is 1.82. The van der Waals surface area contributed by atoms with E-state index < -0.39 is 58.5 Å². The normalized spacial score (nSPS) is 23.1. The number of hydrogen-bond donors (Lipinski definition) is 7. The van der Waals surface area contributed by atoms with Gasteiger partial charge in [0.25, 0.3) is 0 Å². The minimum absolute atomic E-state index is 0.00511. The predicted molar refractivity (Wildman–Crippen MR) is 173 cm³/mol. The van der Waals surface area contributed by atoms with Gasteiger partial charge in [-0.15, -0.1) is 0 Å². The van der Waals surface area contributed by atoms with Crippen molar-refractivity contribution in [1.29, 1.82) is 0 Å². The first kappa shape index (κ1) is 37.5. The smallest absolute Gasteiger partial charge is 0.397 e. The Bertz CT molecular complexity index is 1380. The molecule has 3 amide bonds. The van der Waals surface area contributed by atoms with E-state index in [1.165, 1.54) is 11.0 Å². The Labute approximate surface area is 277 Å². The number of nitrogens with one attached hydrogen (secondary N) is 2. The maximum Gasteiger partial charge on any atom is 0.397 e. The number of phenols is 1. The van der Waals surface area contributed by atoms with E-state index in [1.807, 2.05) is 6.92 Å². The number of phenolic OH excluding ortho intramolecular Hbond substituents is 1. The molecule has 1 saturated heterocycles. The van der Waals surface area contributed by atoms with Gasteiger partial charge in [0.1, 0.15) is 23.9 Å². The summed E-state index contributed by atoms with van der Waals surface area (Å²) in [6, 6.07) is 1.98. The van der Waals surface area contributed by atoms with Crippen LogP contribution in [-0.2, 0) is 35.4 Å². The van der Waals surface area contributed by atoms with Crippen molar-refractivity contribution >= 4 is 50.0 Å². The molecule has 0 bridgehead atoms. The molecular formula is C29H45BrN6O9S. The van der Waals surface area contributed by atoms with Crippen molar-refractivity contribution in [3.8, 4) is 5.75 Å². The molecule has 1 aromatic rings. The Hall–Kier alpha value is -2.99. The Morgan fingerprint density at radius 2 is 1.91 bits per heavy atom. The Morgan fingerprint density at radius 1 is 1.20 bits per heavy atom. The summed E-state index contributed by atoms with van der Waals surface area (Å²) < 4.78 is 37.5. The lowest BCUT2D eigenvalue weighted by atomic mass is 9.83. The number of hydrogen-bond acceptors (Lipinski definition) is 9. The largest absolute Gasteiger partial charge is 0.507 e. The molecule has 7 atom stereocenters. The zero-order chi connectivity index (χ0) is 34.2. The summed E-state index contributed by atoms with van der Waals surface area (Å²) in [6.45, 7) is 4.33. The summed E-state index contributed by atoms with van der Waals surface area (Å²) in [5, 5.41) is 26.1. The van der Waals surface area contributed by atoms with Crippen molar-refractivity contribution in [2.24, 2.45) is 28.3 Å². The molecule has 1 aliphatic carbocycles. The lowest BCUT2D eigenvalue weighted by molar-refractivity contribution is -0.146. The van der Waals surface area contributed by atoms with Crippen molar-refractivity contribution in [1.82, 2.24) is 15.5 Å². The van der Waals surface area contributed by atoms with Crippen LogP contribution in [0.25, 0.3) is 0 Å². The molecule has 1 aromatic carbocycles. The molecule has 0 unspecified atom stereocenters. The number of aliphatic hydroxyl groups is 1. The Morgan fingerprint density at radius 3 is 2.54 bits per heavy atom. The van der Waals surface area contributed by atoms with Crippen LogP contribution in [0.4, 0.5) is 0 Å². The number of carbonyl (C=O) groups is 3. The number of halogens is 1. The lowest BCUT2D eigenvalue weighted by Gasteiger charge is -2.39. The number of unbranched alkanes of at least 4 members (excludes halogenated alkanes) is 1. The summed E-state index contributed by atoms with van der Waals surface area (Å²) in [4.78, 5) is 46.4. The third-order valence-electron chi connectivity index (χ3n) is 8.64. The topological polar surface area (TPSA) is 247 Å². The minimum Gasteiger partial charge on any atom is -0.507 e. The van der Waals surface area contributed by atoms with Crippen LogP contribution in [0.5, 0.6) is 5.75 Å². The minimum atomic E-state index is -4.74. The third-order valence-corrected chi connectivity index (χ3v) is 9.79. The molecule has 1 heterocycles. The van der Waals surface area contributed by atoms with Gasteiger partial charge < -0.3 is 37.2 Å². The maximum atomic E-state index is 14.4. The monoisotopic (exact) mass is 732 g/mol. The van der Waals surface area contributed by atoms with E-state index in [9.17, 15) is 37.6 Å². The number of nitrogens with zero attached hydrogens (tertiary/aromatic N) is 2. The number of guanidine groups is 1. The first-order valence-corrected chi connectivity index (χ1v) is 17.5. The molecule has 1 saturated carbocycles. The van der Waals surface area contributed by atoms with Crippen molar-refractivity contribution in [3.63, 3.8) is 0 Å². The SMILES string of the molecule is CC[C@@H](C)[C@@H](NC(=O)[C@H](O)Cc1ccc(O)c(Br)c1)C(=O)N1[C@H](C(=O)NCCCCN=C(N)N)C[C@@H]2CC[C@@H](OS(=O)(=O)O)C[C@@H]21. The molecule has 0 radical (unpaired) electrons. The molecule has 2 fully saturated rings. The zero-order valence-electron chi connectivity index (χ0n) is 26.0. The molecule has 9 N–H and O–H groups in total. The van der Waals surface area contributed by atoms with Gasteiger partial charge in [-0.3, -0.25) is 23.9 Å². The second-order valence-corrected chi connectivity index (χ2v) is 13.9. The summed E-state index contributed by atoms with van der Waals surface area (Å²) in [5.74, 6) is -2.25. The number of carbonyl (C=O) groups excluding carboxylic acids is 3. The second-order valence-electron chi connectivity index (χ2n) is 12.0. The molecular weight excluding hydrogens is 688 g/mol. The highest BCUT2D eigenvalue weighted by Gasteiger charge is 2.51. The average molecular weight is 734 g/mol. The highest BCUT2D eigenvalue weighted by molar-refractivity contribution is 9.10. The van der Waals surface area contributed by atoms with Crippen LogP contribution in [0.15, 0.2) is 27.7 Å². The van der Waals surface area contributed by atoms with E-state index in [0.717, 1.165) is 0 Å². The highest BCUT2D eigenvalue weighted by atomic mass is 79.9. The van der Waals surface area contributed by atoms with Crippen molar-refractivity contribution < 1.29 is 41.8 Å². The van der Waals surface area contributed by atoms with Gasteiger partial charge in [-0.05, 0) is 84.0 Å². The fourth-order valence-corrected chi connectivity index (χ4v) is 7.03. The van der Waals surface area contributed by atoms with E-state index in [-0.39, 0.29) is 36.4 Å². The molecule has 46 heavy (non-hydrogen) atoms. The first-order valence-electron chi connectivity index (χ1n) is 15.4. The number of amides is 3. The number of aliphatic imine (C=N–C) groups is 1. The highest BCUT2D eigenvalue weighted by Crippen LogP contribution is 2.42. The van der Waals surface area contributed by atoms with Gasteiger partial charge in [0.15, 0.2) is 5.96 Å². The first-order chi connectivity index (χ1) is 21.6. The van der Waals surface area contributed by atoms with Crippen LogP contribution in [-0.4, -0.2) is 95.2 Å². The van der Waals surface area contributed by atoms with Crippen molar-refractivity contribution in [2.45, 2.75) is 95.5 Å². The number of aliphatic hydroxyl groups excluding tert-OH is 1. The number of benzene rings is 1. The van der Waals surface area contributed by atoms with Gasteiger partial charge in [0.2, 0.25) is 17.7 Å². The zero-order valence-corrected chi connectivity index (χ0v) is 28.4. The standard InChI is InChI=1S/C29H45BrN6O9S/c1-3-16(2)25(35-27(40)24(38)13-17-6-9-23(37)20(30)12-17)28(41)36-21-15-19(45-46(42,43)44)8-7-18(21)14-22(36)26(39)33-10-4-5-11-34-29(31)32/h6,9,12,16,18-19,21-22,24-25,37-38H,3-5,7-8,10-11,13-15H2,1-2H3,(H,33,39)(H,35,40)(H4,31,32,34)(H,42,43,44)/t16-,18+,19-,21+,22+,24-,25-/m1/s1. The van der Waals surface area contributed by atoms with Gasteiger partial charge in [-0.25, -0.2) is 4.18 Å². The molecule has 15 nitrogen and oxygen atoms in total. The van der Waals surface area contributed by atoms with Gasteiger partial charge in [-0.2, -0.15) is 8.42 Å². The Kier molecular flexibility index (Phi) is 13.6. The average Bonchev–Trinajstić information content (AvgIpc) is 3.36. The quantitative estimate of drug-likeness (QED) is 0.0573. The van der Waals surface area contributed by atoms with Crippen LogP contribution in [0.3, 0.4) is 0 Å². The second kappa shape index (κ2) is 16.7. The third kappa shape index (κ3) is 10.5. The van der Waals surface area contributed by atoms with Crippen LogP contribution in [0.1, 0.15) is 64.4 Å². The summed E-state index contributed by atoms with van der Waals surface area (Å²) in [5.41, 5.74) is 11.3. The van der Waals surface area contributed by atoms with Gasteiger partial charge in [-0.1, -0.05) is 26.3 Å². The number of aromatic hydroxyl groups is 1. The molecule has 1 aliphatic heterocycles. The van der Waals surface area contributed by atoms with E-state index in [1.54, 1.807) is 19.1 Å². The van der Waals surface area contributed by atoms with E-state index in [4.69, 9.17) is 15.7 Å². The number of rotatable bonds is 15. The van der Waals surface area contributed by atoms with Gasteiger partial charge >= 0.3 is 10.4 Å². The van der Waals surface area contributed by atoms with E-state index >= 15 is 0 Å². The molecule has 0 aromatic heterocycles. The summed E-state index contributed by atoms with van der Waals surface area (Å²) >= 11 is 3.21. The van der Waals surface area contributed by atoms with E-state index in [2.05, 4.69) is 31.6 Å². The molecule has 258 valence electrons.